The first-order valence-corrected chi connectivity index (χ1v) is 5.10. The Labute approximate surface area is 92.7 Å². The number of rotatable bonds is 2. The summed E-state index contributed by atoms with van der Waals surface area (Å²) in [5, 5.41) is 13.2. The van der Waals surface area contributed by atoms with Crippen molar-refractivity contribution in [3.63, 3.8) is 0 Å². The number of hydrogen-bond donors (Lipinski definition) is 1. The van der Waals surface area contributed by atoms with E-state index in [9.17, 15) is 4.79 Å². The van der Waals surface area contributed by atoms with Crippen LogP contribution in [0, 0.1) is 6.92 Å². The fourth-order valence-corrected chi connectivity index (χ4v) is 1.85. The lowest BCUT2D eigenvalue weighted by Crippen LogP contribution is -2.03. The monoisotopic (exact) mass is 219 g/mol. The van der Waals surface area contributed by atoms with Gasteiger partial charge in [0.1, 0.15) is 0 Å². The van der Waals surface area contributed by atoms with Gasteiger partial charge in [-0.05, 0) is 18.9 Å². The maximum Gasteiger partial charge on any atom is 0.354 e. The quantitative estimate of drug-likeness (QED) is 0.837. The second kappa shape index (κ2) is 3.59. The van der Waals surface area contributed by atoms with Crippen molar-refractivity contribution >= 4 is 11.6 Å². The van der Waals surface area contributed by atoms with Crippen LogP contribution in [0.1, 0.15) is 41.5 Å². The zero-order chi connectivity index (χ0) is 11.9. The van der Waals surface area contributed by atoms with E-state index < -0.39 is 5.97 Å². The van der Waals surface area contributed by atoms with Crippen LogP contribution in [-0.2, 0) is 0 Å². The first kappa shape index (κ1) is 10.6. The minimum absolute atomic E-state index is 0.0503. The predicted molar refractivity (Wildman–Crippen MR) is 58.8 cm³/mol. The van der Waals surface area contributed by atoms with Crippen molar-refractivity contribution in [2.75, 3.05) is 0 Å². The molecule has 0 aromatic carbocycles. The number of fused-ring (bicyclic) bond motifs is 1. The predicted octanol–water partition coefficient (Wildman–Crippen LogP) is 1.86. The molecule has 0 unspecified atom stereocenters. The second-order valence-electron chi connectivity index (χ2n) is 4.04. The Morgan fingerprint density at radius 2 is 2.19 bits per heavy atom. The lowest BCUT2D eigenvalue weighted by Gasteiger charge is -2.03. The molecule has 2 aromatic heterocycles. The van der Waals surface area contributed by atoms with Gasteiger partial charge in [-0.15, -0.1) is 0 Å². The van der Waals surface area contributed by atoms with Gasteiger partial charge in [-0.3, -0.25) is 0 Å². The second-order valence-corrected chi connectivity index (χ2v) is 4.04. The van der Waals surface area contributed by atoms with Gasteiger partial charge in [0, 0.05) is 11.8 Å². The van der Waals surface area contributed by atoms with Gasteiger partial charge in [-0.2, -0.15) is 5.10 Å². The Bertz CT molecular complexity index is 558. The van der Waals surface area contributed by atoms with E-state index in [-0.39, 0.29) is 11.6 Å². The average Bonchev–Trinajstić information content (AvgIpc) is 2.51. The van der Waals surface area contributed by atoms with Gasteiger partial charge in [0.25, 0.3) is 0 Å². The molecule has 5 nitrogen and oxygen atoms in total. The summed E-state index contributed by atoms with van der Waals surface area (Å²) in [7, 11) is 0. The molecule has 0 bridgehead atoms. The molecule has 0 spiro atoms. The summed E-state index contributed by atoms with van der Waals surface area (Å²) in [5.74, 6) is -0.745. The van der Waals surface area contributed by atoms with Crippen LogP contribution in [0.4, 0.5) is 0 Å². The SMILES string of the molecule is Cc1nn2ccc(C(=O)O)nc2c1C(C)C. The molecule has 0 radical (unpaired) electrons. The Kier molecular flexibility index (Phi) is 2.38. The highest BCUT2D eigenvalue weighted by Gasteiger charge is 2.15. The van der Waals surface area contributed by atoms with Crippen molar-refractivity contribution in [1.82, 2.24) is 14.6 Å². The maximum atomic E-state index is 10.8. The molecule has 0 aliphatic rings. The van der Waals surface area contributed by atoms with Crippen LogP contribution in [0.25, 0.3) is 5.65 Å². The van der Waals surface area contributed by atoms with Gasteiger partial charge >= 0.3 is 5.97 Å². The van der Waals surface area contributed by atoms with E-state index in [0.717, 1.165) is 11.3 Å². The lowest BCUT2D eigenvalue weighted by molar-refractivity contribution is 0.0690. The summed E-state index contributed by atoms with van der Waals surface area (Å²) in [6, 6.07) is 1.45. The molecule has 2 heterocycles. The molecule has 84 valence electrons. The third-order valence-electron chi connectivity index (χ3n) is 2.50. The number of aromatic carboxylic acids is 1. The average molecular weight is 219 g/mol. The molecule has 5 heteroatoms. The summed E-state index contributed by atoms with van der Waals surface area (Å²) < 4.78 is 1.62. The number of aromatic nitrogens is 3. The van der Waals surface area contributed by atoms with Gasteiger partial charge in [-0.1, -0.05) is 13.8 Å². The Morgan fingerprint density at radius 3 is 2.75 bits per heavy atom. The molecule has 0 atom stereocenters. The number of carbonyl (C=O) groups is 1. The molecule has 0 aliphatic carbocycles. The first-order valence-electron chi connectivity index (χ1n) is 5.10. The van der Waals surface area contributed by atoms with Crippen LogP contribution in [0.5, 0.6) is 0 Å². The number of nitrogens with zero attached hydrogens (tertiary/aromatic N) is 3. The van der Waals surface area contributed by atoms with E-state index in [4.69, 9.17) is 5.11 Å². The van der Waals surface area contributed by atoms with Crippen molar-refractivity contribution in [1.29, 1.82) is 0 Å². The van der Waals surface area contributed by atoms with E-state index >= 15 is 0 Å². The molecule has 0 saturated carbocycles. The first-order chi connectivity index (χ1) is 7.50. The minimum atomic E-state index is -1.02. The van der Waals surface area contributed by atoms with Gasteiger partial charge in [0.15, 0.2) is 11.3 Å². The van der Waals surface area contributed by atoms with Crippen LogP contribution in [0.2, 0.25) is 0 Å². The molecular weight excluding hydrogens is 206 g/mol. The molecule has 0 amide bonds. The molecule has 16 heavy (non-hydrogen) atoms. The van der Waals surface area contributed by atoms with Gasteiger partial charge in [0.05, 0.1) is 5.69 Å². The van der Waals surface area contributed by atoms with E-state index in [0.29, 0.717) is 5.65 Å². The van der Waals surface area contributed by atoms with Crippen molar-refractivity contribution in [2.24, 2.45) is 0 Å². The number of hydrogen-bond acceptors (Lipinski definition) is 3. The van der Waals surface area contributed by atoms with Gasteiger partial charge in [-0.25, -0.2) is 14.3 Å². The summed E-state index contributed by atoms with van der Waals surface area (Å²) in [5.41, 5.74) is 2.58. The molecule has 0 fully saturated rings. The van der Waals surface area contributed by atoms with Gasteiger partial charge < -0.3 is 5.11 Å². The Balaban J connectivity index is 2.74. The standard InChI is InChI=1S/C11H13N3O2/c1-6(2)9-7(3)13-14-5-4-8(11(15)16)12-10(9)14/h4-6H,1-3H3,(H,15,16). The highest BCUT2D eigenvalue weighted by Crippen LogP contribution is 2.22. The third kappa shape index (κ3) is 1.54. The van der Waals surface area contributed by atoms with Crippen LogP contribution in [-0.4, -0.2) is 25.7 Å². The molecule has 0 aliphatic heterocycles. The summed E-state index contributed by atoms with van der Waals surface area (Å²) in [6.07, 6.45) is 1.63. The topological polar surface area (TPSA) is 67.5 Å². The third-order valence-corrected chi connectivity index (χ3v) is 2.50. The summed E-state index contributed by atoms with van der Waals surface area (Å²) in [6.45, 7) is 5.99. The smallest absolute Gasteiger partial charge is 0.354 e. The molecule has 2 aromatic rings. The highest BCUT2D eigenvalue weighted by atomic mass is 16.4. The fourth-order valence-electron chi connectivity index (χ4n) is 1.85. The van der Waals surface area contributed by atoms with Crippen molar-refractivity contribution in [3.05, 3.63) is 29.2 Å². The van der Waals surface area contributed by atoms with Crippen LogP contribution < -0.4 is 0 Å². The van der Waals surface area contributed by atoms with Crippen LogP contribution in [0.3, 0.4) is 0 Å². The lowest BCUT2D eigenvalue weighted by atomic mass is 10.0. The molecule has 0 saturated heterocycles. The normalized spacial score (nSPS) is 11.2. The van der Waals surface area contributed by atoms with E-state index in [2.05, 4.69) is 10.1 Å². The van der Waals surface area contributed by atoms with E-state index in [1.807, 2.05) is 20.8 Å². The zero-order valence-corrected chi connectivity index (χ0v) is 9.43. The Hall–Kier alpha value is -1.91. The van der Waals surface area contributed by atoms with Crippen LogP contribution >= 0.6 is 0 Å². The van der Waals surface area contributed by atoms with Crippen LogP contribution in [0.15, 0.2) is 12.3 Å². The Morgan fingerprint density at radius 1 is 1.50 bits per heavy atom. The van der Waals surface area contributed by atoms with Crippen molar-refractivity contribution in [3.8, 4) is 0 Å². The van der Waals surface area contributed by atoms with E-state index in [1.165, 1.54) is 6.07 Å². The number of carboxylic acids is 1. The maximum absolute atomic E-state index is 10.8. The molecular formula is C11H13N3O2. The highest BCUT2D eigenvalue weighted by molar-refractivity contribution is 5.85. The number of carboxylic acid groups (broad SMARTS) is 1. The number of aryl methyl sites for hydroxylation is 1. The summed E-state index contributed by atoms with van der Waals surface area (Å²) in [4.78, 5) is 15.0. The fraction of sp³-hybridized carbons (Fsp3) is 0.364. The van der Waals surface area contributed by atoms with Gasteiger partial charge in [0.2, 0.25) is 0 Å². The minimum Gasteiger partial charge on any atom is -0.477 e. The zero-order valence-electron chi connectivity index (χ0n) is 9.43. The molecule has 1 N–H and O–H groups in total. The largest absolute Gasteiger partial charge is 0.477 e. The molecule has 2 rings (SSSR count). The van der Waals surface area contributed by atoms with E-state index in [1.54, 1.807) is 10.7 Å². The van der Waals surface area contributed by atoms with Crippen molar-refractivity contribution in [2.45, 2.75) is 26.7 Å². The van der Waals surface area contributed by atoms with Crippen molar-refractivity contribution < 1.29 is 9.90 Å². The summed E-state index contributed by atoms with van der Waals surface area (Å²) >= 11 is 0.